The van der Waals surface area contributed by atoms with Crippen molar-refractivity contribution in [1.82, 2.24) is 9.97 Å². The zero-order chi connectivity index (χ0) is 13.9. The van der Waals surface area contributed by atoms with Gasteiger partial charge in [0.2, 0.25) is 5.95 Å². The van der Waals surface area contributed by atoms with Crippen LogP contribution in [0, 0.1) is 6.92 Å². The van der Waals surface area contributed by atoms with Crippen molar-refractivity contribution in [3.8, 4) is 5.75 Å². The number of anilines is 1. The van der Waals surface area contributed by atoms with Crippen LogP contribution < -0.4 is 5.43 Å². The molecule has 0 amide bonds. The van der Waals surface area contributed by atoms with Crippen LogP contribution >= 0.6 is 0 Å². The summed E-state index contributed by atoms with van der Waals surface area (Å²) in [4.78, 5) is 7.45. The fourth-order valence-corrected chi connectivity index (χ4v) is 1.95. The van der Waals surface area contributed by atoms with Gasteiger partial charge in [0.25, 0.3) is 0 Å². The summed E-state index contributed by atoms with van der Waals surface area (Å²) in [6, 6.07) is 13.1. The van der Waals surface area contributed by atoms with E-state index in [4.69, 9.17) is 0 Å². The third-order valence-electron chi connectivity index (χ3n) is 2.95. The number of hydrogen-bond acceptors (Lipinski definition) is 4. The smallest absolute Gasteiger partial charge is 0.222 e. The van der Waals surface area contributed by atoms with Crippen molar-refractivity contribution in [3.05, 3.63) is 53.6 Å². The van der Waals surface area contributed by atoms with Crippen molar-refractivity contribution >= 4 is 23.2 Å². The number of hydrazone groups is 1. The van der Waals surface area contributed by atoms with Crippen LogP contribution in [0.1, 0.15) is 11.1 Å². The molecule has 0 saturated heterocycles. The van der Waals surface area contributed by atoms with Gasteiger partial charge in [-0.3, -0.25) is 0 Å². The molecule has 100 valence electrons. The molecule has 5 heteroatoms. The lowest BCUT2D eigenvalue weighted by molar-refractivity contribution is 0.474. The second-order valence-corrected chi connectivity index (χ2v) is 4.53. The highest BCUT2D eigenvalue weighted by Gasteiger charge is 2.00. The van der Waals surface area contributed by atoms with Gasteiger partial charge in [0.15, 0.2) is 0 Å². The third-order valence-corrected chi connectivity index (χ3v) is 2.95. The van der Waals surface area contributed by atoms with Crippen LogP contribution in [0.5, 0.6) is 5.75 Å². The molecule has 0 aliphatic carbocycles. The summed E-state index contributed by atoms with van der Waals surface area (Å²) in [5.74, 6) is 0.764. The van der Waals surface area contributed by atoms with Crippen LogP contribution in [0.4, 0.5) is 5.95 Å². The second kappa shape index (κ2) is 5.05. The Morgan fingerprint density at radius 3 is 2.95 bits per heavy atom. The van der Waals surface area contributed by atoms with Crippen LogP contribution in [-0.4, -0.2) is 21.3 Å². The monoisotopic (exact) mass is 266 g/mol. The van der Waals surface area contributed by atoms with E-state index in [1.807, 2.05) is 43.3 Å². The first-order valence-electron chi connectivity index (χ1n) is 6.26. The highest BCUT2D eigenvalue weighted by atomic mass is 16.3. The van der Waals surface area contributed by atoms with E-state index < -0.39 is 0 Å². The number of phenolic OH excluding ortho intramolecular Hbond substituents is 1. The van der Waals surface area contributed by atoms with Gasteiger partial charge in [0, 0.05) is 5.56 Å². The fraction of sp³-hybridized carbons (Fsp3) is 0.0667. The Labute approximate surface area is 116 Å². The summed E-state index contributed by atoms with van der Waals surface area (Å²) < 4.78 is 0. The second-order valence-electron chi connectivity index (χ2n) is 4.53. The Hall–Kier alpha value is -2.82. The largest absolute Gasteiger partial charge is 0.507 e. The number of nitrogens with zero attached hydrogens (tertiary/aromatic N) is 2. The summed E-state index contributed by atoms with van der Waals surface area (Å²) in [5, 5.41) is 13.8. The molecule has 0 atom stereocenters. The van der Waals surface area contributed by atoms with Gasteiger partial charge >= 0.3 is 0 Å². The van der Waals surface area contributed by atoms with E-state index in [1.165, 1.54) is 0 Å². The Kier molecular flexibility index (Phi) is 3.09. The maximum Gasteiger partial charge on any atom is 0.222 e. The van der Waals surface area contributed by atoms with Gasteiger partial charge in [-0.25, -0.2) is 10.4 Å². The van der Waals surface area contributed by atoms with Crippen molar-refractivity contribution in [2.75, 3.05) is 5.43 Å². The molecular weight excluding hydrogens is 252 g/mol. The van der Waals surface area contributed by atoms with Crippen molar-refractivity contribution in [1.29, 1.82) is 0 Å². The molecule has 20 heavy (non-hydrogen) atoms. The van der Waals surface area contributed by atoms with Crippen LogP contribution in [-0.2, 0) is 0 Å². The Morgan fingerprint density at radius 2 is 2.10 bits per heavy atom. The van der Waals surface area contributed by atoms with Crippen LogP contribution in [0.25, 0.3) is 11.0 Å². The number of H-pyrrole nitrogens is 1. The first-order chi connectivity index (χ1) is 9.72. The minimum Gasteiger partial charge on any atom is -0.507 e. The zero-order valence-corrected chi connectivity index (χ0v) is 11.0. The molecule has 1 aromatic heterocycles. The average Bonchev–Trinajstić information content (AvgIpc) is 2.85. The molecular formula is C15H14N4O. The lowest BCUT2D eigenvalue weighted by Crippen LogP contribution is -1.93. The van der Waals surface area contributed by atoms with Gasteiger partial charge < -0.3 is 10.1 Å². The van der Waals surface area contributed by atoms with E-state index in [9.17, 15) is 5.11 Å². The summed E-state index contributed by atoms with van der Waals surface area (Å²) >= 11 is 0. The number of benzene rings is 2. The number of para-hydroxylation sites is 2. The Bertz CT molecular complexity index is 743. The van der Waals surface area contributed by atoms with Gasteiger partial charge in [0.1, 0.15) is 5.75 Å². The van der Waals surface area contributed by atoms with E-state index in [0.29, 0.717) is 11.5 Å². The lowest BCUT2D eigenvalue weighted by Gasteiger charge is -2.00. The highest BCUT2D eigenvalue weighted by Crippen LogP contribution is 2.16. The number of hydrogen-bond donors (Lipinski definition) is 3. The quantitative estimate of drug-likeness (QED) is 0.504. The molecule has 1 heterocycles. The van der Waals surface area contributed by atoms with Gasteiger partial charge in [-0.05, 0) is 31.2 Å². The van der Waals surface area contributed by atoms with Gasteiger partial charge in [-0.2, -0.15) is 5.10 Å². The number of imidazole rings is 1. The van der Waals surface area contributed by atoms with E-state index in [2.05, 4.69) is 20.5 Å². The van der Waals surface area contributed by atoms with Crippen LogP contribution in [0.2, 0.25) is 0 Å². The summed E-state index contributed by atoms with van der Waals surface area (Å²) in [7, 11) is 0. The zero-order valence-electron chi connectivity index (χ0n) is 11.0. The molecule has 0 spiro atoms. The SMILES string of the molecule is Cc1ccc(O)c(/C=N\Nc2nc3ccccc3[nH]2)c1. The van der Waals surface area contributed by atoms with E-state index in [-0.39, 0.29) is 5.75 Å². The standard InChI is InChI=1S/C15H14N4O/c1-10-6-7-14(20)11(8-10)9-16-19-15-17-12-4-2-3-5-13(12)18-15/h2-9,20H,1H3,(H2,17,18,19)/b16-9-. The van der Waals surface area contributed by atoms with Crippen molar-refractivity contribution in [2.45, 2.75) is 6.92 Å². The number of aromatic nitrogens is 2. The Morgan fingerprint density at radius 1 is 1.25 bits per heavy atom. The topological polar surface area (TPSA) is 73.3 Å². The predicted octanol–water partition coefficient (Wildman–Crippen LogP) is 3.02. The first kappa shape index (κ1) is 12.2. The Balaban J connectivity index is 1.78. The summed E-state index contributed by atoms with van der Waals surface area (Å²) in [6.45, 7) is 1.96. The molecule has 2 aromatic carbocycles. The molecule has 3 rings (SSSR count). The average molecular weight is 266 g/mol. The van der Waals surface area contributed by atoms with E-state index in [1.54, 1.807) is 12.3 Å². The first-order valence-corrected chi connectivity index (χ1v) is 6.26. The van der Waals surface area contributed by atoms with E-state index in [0.717, 1.165) is 16.6 Å². The molecule has 3 N–H and O–H groups in total. The van der Waals surface area contributed by atoms with Crippen LogP contribution in [0.3, 0.4) is 0 Å². The summed E-state index contributed by atoms with van der Waals surface area (Å²) in [5.41, 5.74) is 6.37. The molecule has 3 aromatic rings. The van der Waals surface area contributed by atoms with E-state index >= 15 is 0 Å². The number of aromatic hydroxyl groups is 1. The molecule has 0 fully saturated rings. The molecule has 0 saturated carbocycles. The summed E-state index contributed by atoms with van der Waals surface area (Å²) in [6.07, 6.45) is 1.56. The molecule has 0 unspecified atom stereocenters. The maximum absolute atomic E-state index is 9.70. The minimum absolute atomic E-state index is 0.200. The normalized spacial score (nSPS) is 11.2. The number of nitrogens with one attached hydrogen (secondary N) is 2. The molecule has 0 aliphatic heterocycles. The molecule has 0 bridgehead atoms. The van der Waals surface area contributed by atoms with Crippen molar-refractivity contribution < 1.29 is 5.11 Å². The molecule has 0 aliphatic rings. The number of rotatable bonds is 3. The van der Waals surface area contributed by atoms with Crippen LogP contribution in [0.15, 0.2) is 47.6 Å². The number of fused-ring (bicyclic) bond motifs is 1. The predicted molar refractivity (Wildman–Crippen MR) is 80.2 cm³/mol. The van der Waals surface area contributed by atoms with Crippen molar-refractivity contribution in [2.24, 2.45) is 5.10 Å². The van der Waals surface area contributed by atoms with Gasteiger partial charge in [-0.15, -0.1) is 0 Å². The van der Waals surface area contributed by atoms with Gasteiger partial charge in [-0.1, -0.05) is 23.8 Å². The third kappa shape index (κ3) is 2.47. The highest BCUT2D eigenvalue weighted by molar-refractivity contribution is 5.84. The molecule has 0 radical (unpaired) electrons. The lowest BCUT2D eigenvalue weighted by atomic mass is 10.1. The minimum atomic E-state index is 0.200. The van der Waals surface area contributed by atoms with Crippen molar-refractivity contribution in [3.63, 3.8) is 0 Å². The number of aromatic amines is 1. The molecule has 5 nitrogen and oxygen atoms in total. The fourth-order valence-electron chi connectivity index (χ4n) is 1.95. The number of aryl methyl sites for hydroxylation is 1. The number of phenols is 1. The maximum atomic E-state index is 9.70. The van der Waals surface area contributed by atoms with Gasteiger partial charge in [0.05, 0.1) is 17.2 Å².